The normalized spacial score (nSPS) is 13.6. The molecule has 8 heteroatoms. The van der Waals surface area contributed by atoms with Crippen molar-refractivity contribution in [3.05, 3.63) is 59.2 Å². The molecule has 2 aromatic carbocycles. The summed E-state index contributed by atoms with van der Waals surface area (Å²) in [4.78, 5) is 50.3. The quantitative estimate of drug-likeness (QED) is 0.556. The third-order valence-electron chi connectivity index (χ3n) is 4.71. The van der Waals surface area contributed by atoms with Crippen molar-refractivity contribution in [3.63, 3.8) is 0 Å². The predicted molar refractivity (Wildman–Crippen MR) is 108 cm³/mol. The molecular formula is C22H22N2O6. The Labute approximate surface area is 173 Å². The molecule has 0 aromatic heterocycles. The first-order valence-electron chi connectivity index (χ1n) is 9.42. The molecule has 1 aliphatic heterocycles. The minimum atomic E-state index is -1.06. The van der Waals surface area contributed by atoms with Gasteiger partial charge in [-0.15, -0.1) is 0 Å². The molecule has 0 radical (unpaired) electrons. The Morgan fingerprint density at radius 2 is 1.77 bits per heavy atom. The Bertz CT molecular complexity index is 1020. The van der Waals surface area contributed by atoms with Gasteiger partial charge < -0.3 is 14.8 Å². The number of amides is 3. The average Bonchev–Trinajstić information content (AvgIpc) is 2.96. The molecule has 1 heterocycles. The van der Waals surface area contributed by atoms with Crippen LogP contribution < -0.4 is 10.1 Å². The molecule has 0 saturated heterocycles. The molecule has 1 N–H and O–H groups in total. The number of para-hydroxylation sites is 2. The van der Waals surface area contributed by atoms with Crippen LogP contribution in [-0.4, -0.2) is 48.3 Å². The van der Waals surface area contributed by atoms with Crippen molar-refractivity contribution in [2.75, 3.05) is 19.0 Å². The van der Waals surface area contributed by atoms with E-state index in [2.05, 4.69) is 5.32 Å². The third-order valence-corrected chi connectivity index (χ3v) is 4.71. The average molecular weight is 410 g/mol. The van der Waals surface area contributed by atoms with Crippen molar-refractivity contribution in [1.29, 1.82) is 0 Å². The highest BCUT2D eigenvalue weighted by Gasteiger charge is 2.35. The van der Waals surface area contributed by atoms with E-state index < -0.39 is 29.8 Å². The summed E-state index contributed by atoms with van der Waals surface area (Å²) in [5.74, 6) is -1.61. The van der Waals surface area contributed by atoms with Crippen LogP contribution in [0.5, 0.6) is 5.75 Å². The van der Waals surface area contributed by atoms with Crippen molar-refractivity contribution in [2.24, 2.45) is 0 Å². The zero-order valence-corrected chi connectivity index (χ0v) is 16.9. The minimum Gasteiger partial charge on any atom is -0.495 e. The number of carbonyl (C=O) groups is 4. The Kier molecular flexibility index (Phi) is 6.15. The Morgan fingerprint density at radius 1 is 1.07 bits per heavy atom. The van der Waals surface area contributed by atoms with Gasteiger partial charge in [-0.05, 0) is 38.1 Å². The highest BCUT2D eigenvalue weighted by Crippen LogP contribution is 2.25. The van der Waals surface area contributed by atoms with E-state index in [1.807, 2.05) is 6.92 Å². The van der Waals surface area contributed by atoms with E-state index >= 15 is 0 Å². The minimum absolute atomic E-state index is 0.120. The third kappa shape index (κ3) is 4.32. The van der Waals surface area contributed by atoms with E-state index in [1.165, 1.54) is 14.0 Å². The van der Waals surface area contributed by atoms with Crippen LogP contribution in [0.1, 0.15) is 39.6 Å². The molecule has 0 bridgehead atoms. The standard InChI is InChI=1S/C22H22N2O6/c1-13-8-9-15-16(12-13)22(28)24(21(15)27)11-10-19(25)30-14(2)20(26)23-17-6-4-5-7-18(17)29-3/h4-9,12,14H,10-11H2,1-3H3,(H,23,26). The molecule has 0 aliphatic carbocycles. The van der Waals surface area contributed by atoms with Gasteiger partial charge in [-0.1, -0.05) is 23.8 Å². The van der Waals surface area contributed by atoms with Gasteiger partial charge in [0.05, 0.1) is 30.3 Å². The van der Waals surface area contributed by atoms with Gasteiger partial charge in [0, 0.05) is 6.54 Å². The first-order valence-corrected chi connectivity index (χ1v) is 9.42. The number of ether oxygens (including phenoxy) is 2. The number of benzene rings is 2. The SMILES string of the molecule is COc1ccccc1NC(=O)C(C)OC(=O)CCN1C(=O)c2ccc(C)cc2C1=O. The number of methoxy groups -OCH3 is 1. The van der Waals surface area contributed by atoms with Crippen molar-refractivity contribution in [1.82, 2.24) is 4.90 Å². The predicted octanol–water partition coefficient (Wildman–Crippen LogP) is 2.56. The van der Waals surface area contributed by atoms with Crippen LogP contribution >= 0.6 is 0 Å². The van der Waals surface area contributed by atoms with Crippen molar-refractivity contribution in [2.45, 2.75) is 26.4 Å². The van der Waals surface area contributed by atoms with Gasteiger partial charge in [-0.3, -0.25) is 24.1 Å². The topological polar surface area (TPSA) is 102 Å². The van der Waals surface area contributed by atoms with Gasteiger partial charge in [-0.25, -0.2) is 0 Å². The molecule has 0 saturated carbocycles. The fourth-order valence-corrected chi connectivity index (χ4v) is 3.10. The summed E-state index contributed by atoms with van der Waals surface area (Å²) in [5, 5.41) is 2.64. The molecule has 1 unspecified atom stereocenters. The maximum Gasteiger partial charge on any atom is 0.308 e. The number of aryl methyl sites for hydroxylation is 1. The number of nitrogens with one attached hydrogen (secondary N) is 1. The fraction of sp³-hybridized carbons (Fsp3) is 0.273. The Balaban J connectivity index is 1.54. The van der Waals surface area contributed by atoms with Crippen LogP contribution in [0.15, 0.2) is 42.5 Å². The number of hydrogen-bond donors (Lipinski definition) is 1. The lowest BCUT2D eigenvalue weighted by molar-refractivity contribution is -0.153. The van der Waals surface area contributed by atoms with E-state index in [-0.39, 0.29) is 13.0 Å². The van der Waals surface area contributed by atoms with E-state index in [9.17, 15) is 19.2 Å². The van der Waals surface area contributed by atoms with Crippen LogP contribution in [0.3, 0.4) is 0 Å². The molecule has 1 atom stereocenters. The number of esters is 1. The summed E-state index contributed by atoms with van der Waals surface area (Å²) in [6, 6.07) is 11.9. The molecule has 0 spiro atoms. The number of carbonyl (C=O) groups excluding carboxylic acids is 4. The molecule has 0 fully saturated rings. The summed E-state index contributed by atoms with van der Waals surface area (Å²) in [6.45, 7) is 3.15. The van der Waals surface area contributed by atoms with Crippen LogP contribution in [0, 0.1) is 6.92 Å². The van der Waals surface area contributed by atoms with Gasteiger partial charge >= 0.3 is 5.97 Å². The zero-order valence-electron chi connectivity index (χ0n) is 16.9. The van der Waals surface area contributed by atoms with E-state index in [0.717, 1.165) is 10.5 Å². The van der Waals surface area contributed by atoms with Crippen molar-refractivity contribution < 1.29 is 28.7 Å². The lowest BCUT2D eigenvalue weighted by Crippen LogP contribution is -2.34. The fourth-order valence-electron chi connectivity index (χ4n) is 3.10. The molecule has 3 rings (SSSR count). The van der Waals surface area contributed by atoms with E-state index in [0.29, 0.717) is 22.6 Å². The van der Waals surface area contributed by atoms with Crippen LogP contribution in [0.2, 0.25) is 0 Å². The van der Waals surface area contributed by atoms with Gasteiger partial charge in [0.15, 0.2) is 6.10 Å². The monoisotopic (exact) mass is 410 g/mol. The summed E-state index contributed by atoms with van der Waals surface area (Å²) >= 11 is 0. The number of hydrogen-bond acceptors (Lipinski definition) is 6. The van der Waals surface area contributed by atoms with Crippen LogP contribution in [-0.2, 0) is 14.3 Å². The summed E-state index contributed by atoms with van der Waals surface area (Å²) < 4.78 is 10.3. The second kappa shape index (κ2) is 8.77. The van der Waals surface area contributed by atoms with Gasteiger partial charge in [-0.2, -0.15) is 0 Å². The van der Waals surface area contributed by atoms with Crippen molar-refractivity contribution in [3.8, 4) is 5.75 Å². The molecule has 30 heavy (non-hydrogen) atoms. The van der Waals surface area contributed by atoms with Crippen molar-refractivity contribution >= 4 is 29.4 Å². The number of nitrogens with zero attached hydrogens (tertiary/aromatic N) is 1. The number of imide groups is 1. The molecule has 8 nitrogen and oxygen atoms in total. The summed E-state index contributed by atoms with van der Waals surface area (Å²) in [6.07, 6.45) is -1.27. The molecule has 3 amide bonds. The smallest absolute Gasteiger partial charge is 0.308 e. The highest BCUT2D eigenvalue weighted by molar-refractivity contribution is 6.21. The first-order chi connectivity index (χ1) is 14.3. The molecule has 1 aliphatic rings. The van der Waals surface area contributed by atoms with Gasteiger partial charge in [0.25, 0.3) is 17.7 Å². The lowest BCUT2D eigenvalue weighted by Gasteiger charge is -2.16. The highest BCUT2D eigenvalue weighted by atomic mass is 16.5. The van der Waals surface area contributed by atoms with Crippen LogP contribution in [0.4, 0.5) is 5.69 Å². The molecule has 156 valence electrons. The van der Waals surface area contributed by atoms with E-state index in [4.69, 9.17) is 9.47 Å². The maximum atomic E-state index is 12.4. The van der Waals surface area contributed by atoms with E-state index in [1.54, 1.807) is 42.5 Å². The number of anilines is 1. The maximum absolute atomic E-state index is 12.4. The second-order valence-electron chi connectivity index (χ2n) is 6.88. The summed E-state index contributed by atoms with van der Waals surface area (Å²) in [7, 11) is 1.48. The second-order valence-corrected chi connectivity index (χ2v) is 6.88. The Hall–Kier alpha value is -3.68. The number of rotatable bonds is 7. The first kappa shape index (κ1) is 21.0. The van der Waals surface area contributed by atoms with Gasteiger partial charge in [0.2, 0.25) is 0 Å². The largest absolute Gasteiger partial charge is 0.495 e. The molecular weight excluding hydrogens is 388 g/mol. The van der Waals surface area contributed by atoms with Gasteiger partial charge in [0.1, 0.15) is 5.75 Å². The number of fused-ring (bicyclic) bond motifs is 1. The van der Waals surface area contributed by atoms with Crippen LogP contribution in [0.25, 0.3) is 0 Å². The lowest BCUT2D eigenvalue weighted by atomic mass is 10.1. The Morgan fingerprint density at radius 3 is 2.50 bits per heavy atom. The molecule has 2 aromatic rings. The summed E-state index contributed by atoms with van der Waals surface area (Å²) in [5.41, 5.74) is 1.97. The zero-order chi connectivity index (χ0) is 21.8.